The van der Waals surface area contributed by atoms with Crippen LogP contribution in [0.15, 0.2) is 84.9 Å². The van der Waals surface area contributed by atoms with Gasteiger partial charge >= 0.3 is 0 Å². The molecule has 0 spiro atoms. The van der Waals surface area contributed by atoms with Crippen molar-refractivity contribution < 1.29 is 0 Å². The molecule has 0 aliphatic carbocycles. The summed E-state index contributed by atoms with van der Waals surface area (Å²) in [5.41, 5.74) is 7.85. The molecule has 0 radical (unpaired) electrons. The second-order valence-corrected chi connectivity index (χ2v) is 8.94. The van der Waals surface area contributed by atoms with Crippen LogP contribution in [0.3, 0.4) is 0 Å². The molecule has 0 atom stereocenters. The van der Waals surface area contributed by atoms with E-state index < -0.39 is 0 Å². The lowest BCUT2D eigenvalue weighted by atomic mass is 10.1. The molecule has 1 aromatic heterocycles. The molecule has 0 N–H and O–H groups in total. The fourth-order valence-corrected chi connectivity index (χ4v) is 4.52. The maximum absolute atomic E-state index is 4.90. The Balaban J connectivity index is 1.57. The highest BCUT2D eigenvalue weighted by atomic mass is 15.3. The average Bonchev–Trinajstić information content (AvgIpc) is 3.37. The van der Waals surface area contributed by atoms with Gasteiger partial charge in [0.25, 0.3) is 0 Å². The standard InChI is InChI=1S/C33H38N4/c1-5-35(6-2)30-21-15-27(16-22-30)14-20-29-26-33(37(34-29)32-12-10-9-11-13-32)25-19-28-17-23-31(24-18-28)36(7-3)8-4/h9-26H,5-8H2,1-4H3. The van der Waals surface area contributed by atoms with Crippen LogP contribution >= 0.6 is 0 Å². The quantitative estimate of drug-likeness (QED) is 0.213. The summed E-state index contributed by atoms with van der Waals surface area (Å²) in [4.78, 5) is 4.71. The number of aromatic nitrogens is 2. The van der Waals surface area contributed by atoms with Gasteiger partial charge in [-0.2, -0.15) is 5.10 Å². The SMILES string of the molecule is CCN(CC)c1ccc(C=Cc2cc(C=Cc3ccc(N(CC)CC)cc3)n(-c3ccccc3)n2)cc1. The second kappa shape index (κ2) is 12.8. The van der Waals surface area contributed by atoms with Crippen molar-refractivity contribution in [2.24, 2.45) is 0 Å². The lowest BCUT2D eigenvalue weighted by Gasteiger charge is -2.20. The number of anilines is 2. The summed E-state index contributed by atoms with van der Waals surface area (Å²) in [6, 6.07) is 29.9. The molecule has 0 aliphatic heterocycles. The molecule has 4 rings (SSSR count). The van der Waals surface area contributed by atoms with Gasteiger partial charge in [-0.05, 0) is 93.4 Å². The molecule has 0 aliphatic rings. The highest BCUT2D eigenvalue weighted by Gasteiger charge is 2.07. The Bertz CT molecular complexity index is 1290. The van der Waals surface area contributed by atoms with Gasteiger partial charge in [0, 0.05) is 37.6 Å². The Kier molecular flexibility index (Phi) is 8.98. The van der Waals surface area contributed by atoms with E-state index in [4.69, 9.17) is 5.10 Å². The lowest BCUT2D eigenvalue weighted by molar-refractivity contribution is 0.866. The Morgan fingerprint density at radius 1 is 0.595 bits per heavy atom. The molecule has 4 heteroatoms. The van der Waals surface area contributed by atoms with Crippen LogP contribution in [-0.4, -0.2) is 36.0 Å². The van der Waals surface area contributed by atoms with E-state index in [0.29, 0.717) is 0 Å². The molecule has 1 heterocycles. The molecule has 0 unspecified atom stereocenters. The Hall–Kier alpha value is -4.05. The first-order chi connectivity index (χ1) is 18.1. The van der Waals surface area contributed by atoms with Gasteiger partial charge < -0.3 is 9.80 Å². The van der Waals surface area contributed by atoms with Crippen molar-refractivity contribution in [3.05, 3.63) is 107 Å². The maximum atomic E-state index is 4.90. The van der Waals surface area contributed by atoms with Crippen molar-refractivity contribution in [1.29, 1.82) is 0 Å². The van der Waals surface area contributed by atoms with Crippen LogP contribution in [0, 0.1) is 0 Å². The Morgan fingerprint density at radius 3 is 1.57 bits per heavy atom. The first kappa shape index (κ1) is 26.0. The number of hydrogen-bond donors (Lipinski definition) is 0. The second-order valence-electron chi connectivity index (χ2n) is 8.94. The maximum Gasteiger partial charge on any atom is 0.0861 e. The minimum absolute atomic E-state index is 0.924. The summed E-state index contributed by atoms with van der Waals surface area (Å²) in [7, 11) is 0. The molecule has 37 heavy (non-hydrogen) atoms. The van der Waals surface area contributed by atoms with Crippen molar-refractivity contribution in [3.63, 3.8) is 0 Å². The summed E-state index contributed by atoms with van der Waals surface area (Å²) >= 11 is 0. The molecule has 0 amide bonds. The Morgan fingerprint density at radius 2 is 1.08 bits per heavy atom. The molecule has 4 aromatic rings. The third kappa shape index (κ3) is 6.59. The summed E-state index contributed by atoms with van der Waals surface area (Å²) in [5, 5.41) is 4.90. The molecule has 3 aromatic carbocycles. The van der Waals surface area contributed by atoms with Gasteiger partial charge in [-0.25, -0.2) is 4.68 Å². The van der Waals surface area contributed by atoms with Crippen molar-refractivity contribution in [3.8, 4) is 5.69 Å². The first-order valence-corrected chi connectivity index (χ1v) is 13.4. The highest BCUT2D eigenvalue weighted by Crippen LogP contribution is 2.21. The molecule has 0 saturated heterocycles. The smallest absolute Gasteiger partial charge is 0.0861 e. The third-order valence-corrected chi connectivity index (χ3v) is 6.69. The van der Waals surface area contributed by atoms with Crippen LogP contribution in [-0.2, 0) is 0 Å². The van der Waals surface area contributed by atoms with Crippen LogP contribution < -0.4 is 9.80 Å². The van der Waals surface area contributed by atoms with Crippen LogP contribution in [0.1, 0.15) is 50.2 Å². The number of para-hydroxylation sites is 1. The fraction of sp³-hybridized carbons (Fsp3) is 0.242. The predicted octanol–water partition coefficient (Wildman–Crippen LogP) is 7.91. The van der Waals surface area contributed by atoms with Gasteiger partial charge in [-0.1, -0.05) is 54.6 Å². The average molecular weight is 491 g/mol. The van der Waals surface area contributed by atoms with Crippen LogP contribution in [0.5, 0.6) is 0 Å². The molecule has 0 saturated carbocycles. The van der Waals surface area contributed by atoms with Gasteiger partial charge in [0.15, 0.2) is 0 Å². The first-order valence-electron chi connectivity index (χ1n) is 13.4. The molecular weight excluding hydrogens is 452 g/mol. The molecule has 4 nitrogen and oxygen atoms in total. The minimum Gasteiger partial charge on any atom is -0.372 e. The van der Waals surface area contributed by atoms with E-state index in [2.05, 4.69) is 129 Å². The third-order valence-electron chi connectivity index (χ3n) is 6.69. The number of rotatable bonds is 11. The van der Waals surface area contributed by atoms with Crippen LogP contribution in [0.4, 0.5) is 11.4 Å². The number of nitrogens with zero attached hydrogens (tertiary/aromatic N) is 4. The van der Waals surface area contributed by atoms with E-state index in [9.17, 15) is 0 Å². The van der Waals surface area contributed by atoms with Crippen molar-refractivity contribution in [1.82, 2.24) is 9.78 Å². The van der Waals surface area contributed by atoms with Crippen molar-refractivity contribution >= 4 is 35.7 Å². The van der Waals surface area contributed by atoms with E-state index in [-0.39, 0.29) is 0 Å². The van der Waals surface area contributed by atoms with Crippen LogP contribution in [0.2, 0.25) is 0 Å². The predicted molar refractivity (Wildman–Crippen MR) is 161 cm³/mol. The van der Waals surface area contributed by atoms with Gasteiger partial charge in [-0.15, -0.1) is 0 Å². The van der Waals surface area contributed by atoms with Crippen molar-refractivity contribution in [2.75, 3.05) is 36.0 Å². The van der Waals surface area contributed by atoms with E-state index in [1.165, 1.54) is 16.9 Å². The van der Waals surface area contributed by atoms with Gasteiger partial charge in [0.1, 0.15) is 0 Å². The van der Waals surface area contributed by atoms with Gasteiger partial charge in [0.2, 0.25) is 0 Å². The highest BCUT2D eigenvalue weighted by molar-refractivity contribution is 5.74. The molecule has 0 fully saturated rings. The monoisotopic (exact) mass is 490 g/mol. The fourth-order valence-electron chi connectivity index (χ4n) is 4.52. The molecule has 0 bridgehead atoms. The minimum atomic E-state index is 0.924. The molecule has 190 valence electrons. The lowest BCUT2D eigenvalue weighted by Crippen LogP contribution is -2.21. The zero-order valence-corrected chi connectivity index (χ0v) is 22.5. The number of benzene rings is 3. The molecular formula is C33H38N4. The van der Waals surface area contributed by atoms with Crippen LogP contribution in [0.25, 0.3) is 30.0 Å². The van der Waals surface area contributed by atoms with E-state index >= 15 is 0 Å². The summed E-state index contributed by atoms with van der Waals surface area (Å²) in [6.45, 7) is 12.8. The zero-order valence-electron chi connectivity index (χ0n) is 22.5. The van der Waals surface area contributed by atoms with Crippen molar-refractivity contribution in [2.45, 2.75) is 27.7 Å². The largest absolute Gasteiger partial charge is 0.372 e. The van der Waals surface area contributed by atoms with E-state index in [0.717, 1.165) is 48.8 Å². The topological polar surface area (TPSA) is 24.3 Å². The number of hydrogen-bond acceptors (Lipinski definition) is 3. The summed E-state index contributed by atoms with van der Waals surface area (Å²) in [5.74, 6) is 0. The summed E-state index contributed by atoms with van der Waals surface area (Å²) in [6.07, 6.45) is 8.51. The summed E-state index contributed by atoms with van der Waals surface area (Å²) < 4.78 is 2.00. The zero-order chi connectivity index (χ0) is 26.0. The Labute approximate surface area is 222 Å². The van der Waals surface area contributed by atoms with E-state index in [1.54, 1.807) is 0 Å². The van der Waals surface area contributed by atoms with E-state index in [1.807, 2.05) is 22.9 Å². The normalized spacial score (nSPS) is 11.5. The van der Waals surface area contributed by atoms with Gasteiger partial charge in [0.05, 0.1) is 17.1 Å². The van der Waals surface area contributed by atoms with Gasteiger partial charge in [-0.3, -0.25) is 0 Å².